The number of ether oxygens (including phenoxy) is 1. The number of carbonyl (C=O) groups excluding carboxylic acids is 2. The van der Waals surface area contributed by atoms with E-state index in [1.165, 1.54) is 0 Å². The number of rotatable bonds is 11. The summed E-state index contributed by atoms with van der Waals surface area (Å²) in [6, 6.07) is 14.6. The van der Waals surface area contributed by atoms with Crippen molar-refractivity contribution in [2.45, 2.75) is 50.6 Å². The molecule has 0 radical (unpaired) electrons. The zero-order valence-electron chi connectivity index (χ0n) is 19.7. The van der Waals surface area contributed by atoms with E-state index >= 15 is 0 Å². The summed E-state index contributed by atoms with van der Waals surface area (Å²) in [6.07, 6.45) is -0.604. The van der Waals surface area contributed by atoms with Crippen molar-refractivity contribution >= 4 is 18.0 Å². The first-order chi connectivity index (χ1) is 16.7. The molecule has 0 aromatic heterocycles. The molecule has 3 N–H and O–H groups in total. The Hall–Kier alpha value is -4.04. The first-order valence-electron chi connectivity index (χ1n) is 11.4. The number of nitrogens with one attached hydrogen (secondary N) is 2. The van der Waals surface area contributed by atoms with Crippen LogP contribution >= 0.6 is 0 Å². The zero-order valence-corrected chi connectivity index (χ0v) is 19.7. The standard InChI is InChI=1S/C25H29N5O5/c1-25(2,29-30-26)13-14-27-22(31)12-11-21(23(32)33)28-24(34)35-15-20-18-9-5-3-7-16(18)17-8-4-6-10-19(17)20/h3-10,20-21H,11-15H2,1-2H3,(H,27,31)(H,28,34)(H,32,33)/t21-/m0/s1. The van der Waals surface area contributed by atoms with E-state index in [1.54, 1.807) is 13.8 Å². The van der Waals surface area contributed by atoms with E-state index < -0.39 is 23.6 Å². The van der Waals surface area contributed by atoms with Crippen molar-refractivity contribution in [2.75, 3.05) is 13.2 Å². The number of hydrogen-bond donors (Lipinski definition) is 3. The highest BCUT2D eigenvalue weighted by molar-refractivity contribution is 5.82. The maximum absolute atomic E-state index is 12.4. The molecular formula is C25H29N5O5. The summed E-state index contributed by atoms with van der Waals surface area (Å²) in [6.45, 7) is 3.84. The fraction of sp³-hybridized carbons (Fsp3) is 0.400. The molecule has 1 aliphatic rings. The number of benzene rings is 2. The van der Waals surface area contributed by atoms with Crippen LogP contribution in [-0.4, -0.2) is 47.8 Å². The van der Waals surface area contributed by atoms with Crippen LogP contribution < -0.4 is 10.6 Å². The molecule has 2 aromatic carbocycles. The molecule has 0 bridgehead atoms. The Morgan fingerprint density at radius 3 is 2.29 bits per heavy atom. The van der Waals surface area contributed by atoms with Crippen LogP contribution in [0.4, 0.5) is 4.79 Å². The van der Waals surface area contributed by atoms with Gasteiger partial charge in [0.25, 0.3) is 0 Å². The minimum atomic E-state index is -1.27. The summed E-state index contributed by atoms with van der Waals surface area (Å²) in [5.41, 5.74) is 12.2. The number of carboxylic acid groups (broad SMARTS) is 1. The van der Waals surface area contributed by atoms with Crippen molar-refractivity contribution in [1.82, 2.24) is 10.6 Å². The molecule has 2 aromatic rings. The summed E-state index contributed by atoms with van der Waals surface area (Å²) in [5.74, 6) is -1.75. The lowest BCUT2D eigenvalue weighted by Gasteiger charge is -2.18. The Kier molecular flexibility index (Phi) is 8.33. The molecule has 1 atom stereocenters. The van der Waals surface area contributed by atoms with Gasteiger partial charge >= 0.3 is 12.1 Å². The normalized spacial score (nSPS) is 13.1. The minimum Gasteiger partial charge on any atom is -0.480 e. The number of azide groups is 1. The van der Waals surface area contributed by atoms with Crippen molar-refractivity contribution < 1.29 is 24.2 Å². The van der Waals surface area contributed by atoms with Crippen LogP contribution in [0.25, 0.3) is 21.6 Å². The van der Waals surface area contributed by atoms with Gasteiger partial charge in [0, 0.05) is 29.3 Å². The van der Waals surface area contributed by atoms with Crippen LogP contribution in [0.1, 0.15) is 50.2 Å². The molecule has 0 unspecified atom stereocenters. The Labute approximate surface area is 203 Å². The van der Waals surface area contributed by atoms with E-state index in [0.717, 1.165) is 22.3 Å². The molecule has 0 saturated heterocycles. The molecule has 0 heterocycles. The summed E-state index contributed by atoms with van der Waals surface area (Å²) in [5, 5.41) is 18.1. The summed E-state index contributed by atoms with van der Waals surface area (Å²) >= 11 is 0. The quantitative estimate of drug-likeness (QED) is 0.248. The molecule has 0 spiro atoms. The number of carbonyl (C=O) groups is 3. The van der Waals surface area contributed by atoms with Crippen LogP contribution in [0.5, 0.6) is 0 Å². The lowest BCUT2D eigenvalue weighted by Crippen LogP contribution is -2.42. The fourth-order valence-electron chi connectivity index (χ4n) is 4.08. The predicted octanol–water partition coefficient (Wildman–Crippen LogP) is 4.35. The second-order valence-electron chi connectivity index (χ2n) is 9.00. The lowest BCUT2D eigenvalue weighted by atomic mass is 9.98. The molecule has 0 aliphatic heterocycles. The van der Waals surface area contributed by atoms with Crippen molar-refractivity contribution in [3.05, 3.63) is 70.1 Å². The molecule has 10 heteroatoms. The van der Waals surface area contributed by atoms with Crippen molar-refractivity contribution in [3.63, 3.8) is 0 Å². The number of fused-ring (bicyclic) bond motifs is 3. The number of alkyl carbamates (subject to hydrolysis) is 1. The van der Waals surface area contributed by atoms with Gasteiger partial charge in [-0.2, -0.15) is 0 Å². The number of amides is 2. The van der Waals surface area contributed by atoms with E-state index in [1.807, 2.05) is 48.5 Å². The van der Waals surface area contributed by atoms with Crippen LogP contribution in [0.15, 0.2) is 53.6 Å². The Bertz CT molecular complexity index is 1100. The van der Waals surface area contributed by atoms with Crippen molar-refractivity contribution in [2.24, 2.45) is 5.11 Å². The monoisotopic (exact) mass is 479 g/mol. The maximum Gasteiger partial charge on any atom is 0.407 e. The molecule has 0 saturated carbocycles. The molecular weight excluding hydrogens is 450 g/mol. The van der Waals surface area contributed by atoms with Crippen LogP contribution in [0.3, 0.4) is 0 Å². The number of hydrogen-bond acceptors (Lipinski definition) is 5. The molecule has 35 heavy (non-hydrogen) atoms. The van der Waals surface area contributed by atoms with E-state index in [-0.39, 0.29) is 37.8 Å². The van der Waals surface area contributed by atoms with E-state index in [0.29, 0.717) is 6.42 Å². The van der Waals surface area contributed by atoms with Gasteiger partial charge in [-0.05, 0) is 40.6 Å². The average Bonchev–Trinajstić information content (AvgIpc) is 3.13. The third kappa shape index (κ3) is 6.74. The molecule has 0 fully saturated rings. The third-order valence-corrected chi connectivity index (χ3v) is 5.97. The van der Waals surface area contributed by atoms with Gasteiger partial charge in [0.15, 0.2) is 0 Å². The van der Waals surface area contributed by atoms with Crippen molar-refractivity contribution in [3.8, 4) is 11.1 Å². The predicted molar refractivity (Wildman–Crippen MR) is 130 cm³/mol. The van der Waals surface area contributed by atoms with Crippen molar-refractivity contribution in [1.29, 1.82) is 0 Å². The fourth-order valence-corrected chi connectivity index (χ4v) is 4.08. The maximum atomic E-state index is 12.4. The van der Waals surface area contributed by atoms with Gasteiger partial charge in [-0.15, -0.1) is 0 Å². The van der Waals surface area contributed by atoms with Gasteiger partial charge in [-0.25, -0.2) is 9.59 Å². The number of nitrogens with zero attached hydrogens (tertiary/aromatic N) is 3. The Morgan fingerprint density at radius 2 is 1.71 bits per heavy atom. The first kappa shape index (κ1) is 25.6. The van der Waals surface area contributed by atoms with E-state index in [2.05, 4.69) is 20.7 Å². The largest absolute Gasteiger partial charge is 0.480 e. The molecule has 184 valence electrons. The molecule has 3 rings (SSSR count). The first-order valence-corrected chi connectivity index (χ1v) is 11.4. The number of carboxylic acids is 1. The van der Waals surface area contributed by atoms with Gasteiger partial charge in [-0.1, -0.05) is 67.5 Å². The summed E-state index contributed by atoms with van der Waals surface area (Å²) in [7, 11) is 0. The van der Waals surface area contributed by atoms with Gasteiger partial charge in [-0.3, -0.25) is 4.79 Å². The summed E-state index contributed by atoms with van der Waals surface area (Å²) < 4.78 is 5.40. The minimum absolute atomic E-state index is 0.0631. The van der Waals surface area contributed by atoms with Gasteiger partial charge in [0.2, 0.25) is 5.91 Å². The highest BCUT2D eigenvalue weighted by atomic mass is 16.5. The SMILES string of the molecule is CC(C)(CCNC(=O)CC[C@H](NC(=O)OCC1c2ccccc2-c2ccccc21)C(=O)O)N=[N+]=[N-]. The van der Waals surface area contributed by atoms with Gasteiger partial charge in [0.1, 0.15) is 12.6 Å². The second-order valence-corrected chi connectivity index (χ2v) is 9.00. The highest BCUT2D eigenvalue weighted by Gasteiger charge is 2.30. The smallest absolute Gasteiger partial charge is 0.407 e. The molecule has 2 amide bonds. The van der Waals surface area contributed by atoms with Gasteiger partial charge in [0.05, 0.1) is 0 Å². The van der Waals surface area contributed by atoms with E-state index in [4.69, 9.17) is 10.3 Å². The van der Waals surface area contributed by atoms with Gasteiger partial charge < -0.3 is 20.5 Å². The second kappa shape index (κ2) is 11.4. The number of aliphatic carboxylic acids is 1. The Morgan fingerprint density at radius 1 is 1.11 bits per heavy atom. The summed E-state index contributed by atoms with van der Waals surface area (Å²) in [4.78, 5) is 38.8. The topological polar surface area (TPSA) is 153 Å². The van der Waals surface area contributed by atoms with Crippen LogP contribution in [0, 0.1) is 0 Å². The zero-order chi connectivity index (χ0) is 25.4. The highest BCUT2D eigenvalue weighted by Crippen LogP contribution is 2.44. The van der Waals surface area contributed by atoms with Crippen LogP contribution in [0.2, 0.25) is 0 Å². The van der Waals surface area contributed by atoms with Crippen LogP contribution in [-0.2, 0) is 14.3 Å². The molecule has 1 aliphatic carbocycles. The average molecular weight is 480 g/mol. The molecule has 10 nitrogen and oxygen atoms in total. The third-order valence-electron chi connectivity index (χ3n) is 5.97. The lowest BCUT2D eigenvalue weighted by molar-refractivity contribution is -0.139. The van der Waals surface area contributed by atoms with E-state index in [9.17, 15) is 19.5 Å². The Balaban J connectivity index is 1.49.